The van der Waals surface area contributed by atoms with Crippen molar-refractivity contribution in [2.45, 2.75) is 0 Å². The van der Waals surface area contributed by atoms with E-state index in [1.807, 2.05) is 22.8 Å². The molecule has 1 aliphatic heterocycles. The Morgan fingerprint density at radius 3 is 3.23 bits per heavy atom. The summed E-state index contributed by atoms with van der Waals surface area (Å²) in [6.07, 6.45) is 3.39. The first-order chi connectivity index (χ1) is 10.7. The first-order valence-electron chi connectivity index (χ1n) is 6.94. The van der Waals surface area contributed by atoms with Gasteiger partial charge in [0.25, 0.3) is 5.91 Å². The zero-order valence-corrected chi connectivity index (χ0v) is 13.3. The minimum atomic E-state index is -0.0790. The molecule has 2 aromatic heterocycles. The lowest BCUT2D eigenvalue weighted by Crippen LogP contribution is -2.32. The quantitative estimate of drug-likeness (QED) is 0.795. The molecule has 0 aromatic carbocycles. The fourth-order valence-electron chi connectivity index (χ4n) is 2.25. The molecule has 3 heterocycles. The predicted molar refractivity (Wildman–Crippen MR) is 89.9 cm³/mol. The average molecular weight is 326 g/mol. The maximum absolute atomic E-state index is 12.1. The first kappa shape index (κ1) is 14.9. The lowest BCUT2D eigenvalue weighted by molar-refractivity contribution is -0.117. The third kappa shape index (κ3) is 2.81. The molecule has 1 amide bonds. The number of carbonyl (C=O) groups excluding carboxylic acids is 1. The second-order valence-electron chi connectivity index (χ2n) is 4.85. The summed E-state index contributed by atoms with van der Waals surface area (Å²) < 4.78 is 6.77. The Balaban J connectivity index is 0.00000144. The zero-order valence-electron chi connectivity index (χ0n) is 12.5. The lowest BCUT2D eigenvalue weighted by atomic mass is 10.4. The number of aromatic amines is 1. The number of nitrogens with one attached hydrogen (secondary N) is 2. The van der Waals surface area contributed by atoms with Gasteiger partial charge in [-0.25, -0.2) is 9.97 Å². The highest BCUT2D eigenvalue weighted by atomic mass is 32.2. The third-order valence-corrected chi connectivity index (χ3v) is 4.34. The van der Waals surface area contributed by atoms with E-state index in [1.165, 1.54) is 0 Å². The smallest absolute Gasteiger partial charge is 0.259 e. The van der Waals surface area contributed by atoms with Crippen LogP contribution in [0.25, 0.3) is 11.2 Å². The number of hydrogen-bond donors (Lipinski definition) is 2. The highest BCUT2D eigenvalue weighted by Crippen LogP contribution is 2.28. The minimum absolute atomic E-state index is 0. The summed E-state index contributed by atoms with van der Waals surface area (Å²) in [6.45, 7) is 1.81. The van der Waals surface area contributed by atoms with Crippen LogP contribution in [0.3, 0.4) is 0 Å². The second kappa shape index (κ2) is 6.41. The van der Waals surface area contributed by atoms with Gasteiger partial charge in [-0.3, -0.25) is 14.6 Å². The number of methoxy groups -OCH3 is 1. The molecule has 0 unspecified atom stereocenters. The van der Waals surface area contributed by atoms with E-state index in [2.05, 4.69) is 20.4 Å². The van der Waals surface area contributed by atoms with Crippen LogP contribution in [0.2, 0.25) is 0 Å². The summed E-state index contributed by atoms with van der Waals surface area (Å²) in [5.41, 5.74) is 1.76. The number of hydrogen-bond acceptors (Lipinski definition) is 6. The first-order valence-corrected chi connectivity index (χ1v) is 7.93. The van der Waals surface area contributed by atoms with Gasteiger partial charge in [-0.1, -0.05) is 0 Å². The molecule has 2 aromatic rings. The molecule has 1 aliphatic rings. The Hall–Kier alpha value is -2.00. The maximum Gasteiger partial charge on any atom is 0.259 e. The Morgan fingerprint density at radius 1 is 1.59 bits per heavy atom. The van der Waals surface area contributed by atoms with Crippen LogP contribution >= 0.6 is 11.8 Å². The van der Waals surface area contributed by atoms with Gasteiger partial charge in [0.1, 0.15) is 11.8 Å². The van der Waals surface area contributed by atoms with E-state index in [0.29, 0.717) is 18.1 Å². The van der Waals surface area contributed by atoms with Gasteiger partial charge in [-0.15, -0.1) is 11.8 Å². The molecule has 122 valence electrons. The average Bonchev–Trinajstić information content (AvgIpc) is 2.54. The van der Waals surface area contributed by atoms with Crippen LogP contribution in [-0.2, 0) is 16.6 Å². The number of fused-ring (bicyclic) bond motifs is 1. The molecule has 0 fully saturated rings. The molecule has 0 bridgehead atoms. The Bertz CT molecular complexity index is 716. The van der Waals surface area contributed by atoms with Gasteiger partial charge in [-0.2, -0.15) is 0 Å². The molecule has 22 heavy (non-hydrogen) atoms. The summed E-state index contributed by atoms with van der Waals surface area (Å²) >= 11 is 1.55. The molecule has 8 nitrogen and oxygen atoms in total. The molecular formula is C13H22N6O2S. The van der Waals surface area contributed by atoms with Crippen molar-refractivity contribution in [3.8, 4) is 0 Å². The maximum atomic E-state index is 12.1. The van der Waals surface area contributed by atoms with E-state index < -0.39 is 0 Å². The van der Waals surface area contributed by atoms with Crippen LogP contribution in [0, 0.1) is 0 Å². The third-order valence-electron chi connectivity index (χ3n) is 3.35. The fraction of sp³-hybridized carbons (Fsp3) is 0.462. The van der Waals surface area contributed by atoms with Crippen LogP contribution in [0.4, 0.5) is 5.82 Å². The van der Waals surface area contributed by atoms with Gasteiger partial charge in [0.05, 0.1) is 11.5 Å². The monoisotopic (exact) mass is 326 g/mol. The van der Waals surface area contributed by atoms with Crippen LogP contribution in [0.5, 0.6) is 0 Å². The van der Waals surface area contributed by atoms with E-state index in [1.54, 1.807) is 25.2 Å². The number of nitrogens with zero attached hydrogens (tertiary/aromatic N) is 4. The summed E-state index contributed by atoms with van der Waals surface area (Å²) in [7, 11) is 3.51. The number of H-pyrrole nitrogens is 1. The summed E-state index contributed by atoms with van der Waals surface area (Å²) in [5.74, 6) is 1.55. The fourth-order valence-corrected chi connectivity index (χ4v) is 3.16. The number of ether oxygens (including phenoxy) is 1. The Morgan fingerprint density at radius 2 is 2.45 bits per heavy atom. The Kier molecular flexibility index (Phi) is 4.34. The van der Waals surface area contributed by atoms with Crippen molar-refractivity contribution >= 4 is 34.7 Å². The SMILES string of the molecule is COCCNC(=O)C1=CN(c2ncnc3c2[nH]n3C)CCS1.[HH].[HH]. The van der Waals surface area contributed by atoms with E-state index in [0.717, 1.165) is 29.3 Å². The molecule has 2 N–H and O–H groups in total. The van der Waals surface area contributed by atoms with E-state index in [-0.39, 0.29) is 8.76 Å². The summed E-state index contributed by atoms with van der Waals surface area (Å²) in [5, 5.41) is 5.99. The normalized spacial score (nSPS) is 15.2. The lowest BCUT2D eigenvalue weighted by Gasteiger charge is -2.26. The standard InChI is InChI=1S/C13H18N6O2S.2H2/c1-18-11-10(17-18)12(16-8-15-11)19-4-6-22-9(7-19)13(20)14-3-5-21-2;;/h7-8,17H,3-6H2,1-2H3,(H,14,20);2*1H. The molecule has 9 heteroatoms. The molecular weight excluding hydrogens is 304 g/mol. The van der Waals surface area contributed by atoms with Crippen molar-refractivity contribution in [3.63, 3.8) is 0 Å². The van der Waals surface area contributed by atoms with Crippen molar-refractivity contribution in [1.82, 2.24) is 25.1 Å². The van der Waals surface area contributed by atoms with Gasteiger partial charge in [-0.05, 0) is 0 Å². The van der Waals surface area contributed by atoms with Crippen LogP contribution in [-0.4, -0.2) is 58.2 Å². The molecule has 0 aliphatic carbocycles. The van der Waals surface area contributed by atoms with Crippen LogP contribution in [0.1, 0.15) is 2.85 Å². The molecule has 0 saturated carbocycles. The topological polar surface area (TPSA) is 88.1 Å². The summed E-state index contributed by atoms with van der Waals surface area (Å²) in [6, 6.07) is 0. The van der Waals surface area contributed by atoms with E-state index in [9.17, 15) is 4.79 Å². The molecule has 3 rings (SSSR count). The van der Waals surface area contributed by atoms with Gasteiger partial charge in [0, 0.05) is 42.1 Å². The molecule has 0 atom stereocenters. The van der Waals surface area contributed by atoms with Gasteiger partial charge < -0.3 is 15.0 Å². The van der Waals surface area contributed by atoms with Crippen molar-refractivity contribution in [2.24, 2.45) is 7.05 Å². The molecule has 0 radical (unpaired) electrons. The largest absolute Gasteiger partial charge is 0.383 e. The van der Waals surface area contributed by atoms with Crippen LogP contribution in [0.15, 0.2) is 17.4 Å². The van der Waals surface area contributed by atoms with Crippen molar-refractivity contribution < 1.29 is 12.4 Å². The highest BCUT2D eigenvalue weighted by molar-refractivity contribution is 8.04. The number of anilines is 1. The van der Waals surface area contributed by atoms with Gasteiger partial charge >= 0.3 is 0 Å². The van der Waals surface area contributed by atoms with Crippen molar-refractivity contribution in [1.29, 1.82) is 0 Å². The minimum Gasteiger partial charge on any atom is -0.383 e. The number of thioether (sulfide) groups is 1. The summed E-state index contributed by atoms with van der Waals surface area (Å²) in [4.78, 5) is 23.4. The number of rotatable bonds is 5. The van der Waals surface area contributed by atoms with Crippen molar-refractivity contribution in [2.75, 3.05) is 37.5 Å². The molecule has 0 saturated heterocycles. The highest BCUT2D eigenvalue weighted by Gasteiger charge is 2.21. The number of carbonyl (C=O) groups is 1. The number of aromatic nitrogens is 4. The van der Waals surface area contributed by atoms with Crippen LogP contribution < -0.4 is 10.2 Å². The van der Waals surface area contributed by atoms with E-state index >= 15 is 0 Å². The predicted octanol–water partition coefficient (Wildman–Crippen LogP) is 0.946. The number of aryl methyl sites for hydroxylation is 1. The van der Waals surface area contributed by atoms with Gasteiger partial charge in [0.2, 0.25) is 0 Å². The number of amides is 1. The van der Waals surface area contributed by atoms with Gasteiger partial charge in [0.15, 0.2) is 11.5 Å². The Labute approximate surface area is 134 Å². The van der Waals surface area contributed by atoms with E-state index in [4.69, 9.17) is 4.74 Å². The molecule has 0 spiro atoms. The second-order valence-corrected chi connectivity index (χ2v) is 5.99. The van der Waals surface area contributed by atoms with Crippen molar-refractivity contribution in [3.05, 3.63) is 17.4 Å². The zero-order chi connectivity index (χ0) is 15.5.